The van der Waals surface area contributed by atoms with Gasteiger partial charge in [0.2, 0.25) is 5.91 Å². The molecule has 1 unspecified atom stereocenters. The molecular weight excluding hydrogens is 266 g/mol. The third-order valence-electron chi connectivity index (χ3n) is 4.27. The monoisotopic (exact) mass is 287 g/mol. The van der Waals surface area contributed by atoms with Crippen molar-refractivity contribution in [3.8, 4) is 0 Å². The number of piperazine rings is 1. The smallest absolute Gasteiger partial charge is 0.235 e. The fraction of sp³-hybridized carbons (Fsp3) is 0.500. The summed E-state index contributed by atoms with van der Waals surface area (Å²) in [5, 5.41) is 6.12. The van der Waals surface area contributed by atoms with Gasteiger partial charge in [0, 0.05) is 44.8 Å². The lowest BCUT2D eigenvalue weighted by atomic mass is 9.88. The lowest BCUT2D eigenvalue weighted by Crippen LogP contribution is -2.44. The van der Waals surface area contributed by atoms with E-state index in [1.165, 1.54) is 5.69 Å². The van der Waals surface area contributed by atoms with Crippen molar-refractivity contribution < 1.29 is 9.59 Å². The fourth-order valence-corrected chi connectivity index (χ4v) is 3.16. The molecule has 0 aromatic heterocycles. The number of hydrogen-bond donors (Lipinski definition) is 2. The first kappa shape index (κ1) is 14.1. The standard InChI is InChI=1S/C16H21N3O2/c1-11-10-12(15-14(20)4-5-18-16(15)21)2-3-13(11)19-8-6-17-7-9-19/h2-3,10,15,17H,4-9H2,1H3,(H,18,21). The molecule has 0 aliphatic carbocycles. The minimum atomic E-state index is -0.630. The Labute approximate surface area is 124 Å². The highest BCUT2D eigenvalue weighted by molar-refractivity contribution is 6.08. The van der Waals surface area contributed by atoms with Crippen molar-refractivity contribution in [3.63, 3.8) is 0 Å². The molecule has 2 aliphatic rings. The van der Waals surface area contributed by atoms with Crippen LogP contribution in [0.5, 0.6) is 0 Å². The van der Waals surface area contributed by atoms with Gasteiger partial charge in [-0.1, -0.05) is 12.1 Å². The van der Waals surface area contributed by atoms with Crippen molar-refractivity contribution in [2.24, 2.45) is 0 Å². The summed E-state index contributed by atoms with van der Waals surface area (Å²) in [4.78, 5) is 26.3. The molecule has 112 valence electrons. The van der Waals surface area contributed by atoms with Gasteiger partial charge < -0.3 is 15.5 Å². The summed E-state index contributed by atoms with van der Waals surface area (Å²) in [6.45, 7) is 6.47. The number of hydrogen-bond acceptors (Lipinski definition) is 4. The van der Waals surface area contributed by atoms with Crippen LogP contribution < -0.4 is 15.5 Å². The molecule has 0 saturated carbocycles. The minimum Gasteiger partial charge on any atom is -0.369 e. The van der Waals surface area contributed by atoms with Crippen LogP contribution in [0.4, 0.5) is 5.69 Å². The number of benzene rings is 1. The summed E-state index contributed by atoms with van der Waals surface area (Å²) >= 11 is 0. The van der Waals surface area contributed by atoms with Gasteiger partial charge in [-0.25, -0.2) is 0 Å². The minimum absolute atomic E-state index is 0.0214. The van der Waals surface area contributed by atoms with Crippen LogP contribution in [0.3, 0.4) is 0 Å². The molecule has 0 bridgehead atoms. The molecule has 2 fully saturated rings. The average Bonchev–Trinajstić information content (AvgIpc) is 2.48. The lowest BCUT2D eigenvalue weighted by Gasteiger charge is -2.31. The van der Waals surface area contributed by atoms with Crippen molar-refractivity contribution in [1.29, 1.82) is 0 Å². The van der Waals surface area contributed by atoms with Crippen LogP contribution in [0.25, 0.3) is 0 Å². The van der Waals surface area contributed by atoms with E-state index < -0.39 is 5.92 Å². The summed E-state index contributed by atoms with van der Waals surface area (Å²) in [5.41, 5.74) is 3.14. The number of anilines is 1. The first-order valence-corrected chi connectivity index (χ1v) is 7.53. The zero-order chi connectivity index (χ0) is 14.8. The molecule has 0 radical (unpaired) electrons. The van der Waals surface area contributed by atoms with Gasteiger partial charge in [-0.3, -0.25) is 9.59 Å². The van der Waals surface area contributed by atoms with Crippen molar-refractivity contribution in [2.45, 2.75) is 19.3 Å². The van der Waals surface area contributed by atoms with E-state index in [0.717, 1.165) is 37.3 Å². The van der Waals surface area contributed by atoms with Crippen molar-refractivity contribution in [2.75, 3.05) is 37.6 Å². The molecule has 2 saturated heterocycles. The third kappa shape index (κ3) is 2.78. The summed E-state index contributed by atoms with van der Waals surface area (Å²) in [6.07, 6.45) is 0.426. The fourth-order valence-electron chi connectivity index (χ4n) is 3.16. The second kappa shape index (κ2) is 5.85. The highest BCUT2D eigenvalue weighted by Crippen LogP contribution is 2.27. The molecule has 5 nitrogen and oxygen atoms in total. The molecule has 1 aromatic carbocycles. The van der Waals surface area contributed by atoms with E-state index in [2.05, 4.69) is 15.5 Å². The Morgan fingerprint density at radius 3 is 2.57 bits per heavy atom. The normalized spacial score (nSPS) is 23.1. The summed E-state index contributed by atoms with van der Waals surface area (Å²) in [5.74, 6) is -0.775. The number of carbonyl (C=O) groups is 2. The van der Waals surface area contributed by atoms with Crippen LogP contribution in [0.15, 0.2) is 18.2 Å². The number of piperidine rings is 1. The number of Topliss-reactive ketones (excluding diaryl/α,β-unsaturated/α-hetero) is 1. The second-order valence-corrected chi connectivity index (χ2v) is 5.72. The van der Waals surface area contributed by atoms with Gasteiger partial charge in [-0.05, 0) is 24.1 Å². The maximum atomic E-state index is 12.0. The third-order valence-corrected chi connectivity index (χ3v) is 4.27. The average molecular weight is 287 g/mol. The van der Waals surface area contributed by atoms with Crippen molar-refractivity contribution in [1.82, 2.24) is 10.6 Å². The molecule has 5 heteroatoms. The predicted molar refractivity (Wildman–Crippen MR) is 81.6 cm³/mol. The summed E-state index contributed by atoms with van der Waals surface area (Å²) < 4.78 is 0. The molecule has 1 atom stereocenters. The van der Waals surface area contributed by atoms with Gasteiger partial charge in [0.1, 0.15) is 5.92 Å². The maximum Gasteiger partial charge on any atom is 0.235 e. The van der Waals surface area contributed by atoms with Crippen LogP contribution in [0.1, 0.15) is 23.5 Å². The van der Waals surface area contributed by atoms with Crippen LogP contribution in [-0.2, 0) is 9.59 Å². The SMILES string of the molecule is Cc1cc(C2C(=O)CCNC2=O)ccc1N1CCNCC1. The molecule has 2 N–H and O–H groups in total. The van der Waals surface area contributed by atoms with E-state index in [-0.39, 0.29) is 11.7 Å². The van der Waals surface area contributed by atoms with Gasteiger partial charge >= 0.3 is 0 Å². The number of rotatable bonds is 2. The summed E-state index contributed by atoms with van der Waals surface area (Å²) in [6, 6.07) is 5.97. The number of aryl methyl sites for hydroxylation is 1. The number of nitrogens with zero attached hydrogens (tertiary/aromatic N) is 1. The Kier molecular flexibility index (Phi) is 3.92. The molecule has 3 rings (SSSR count). The number of ketones is 1. The van der Waals surface area contributed by atoms with Crippen LogP contribution in [0.2, 0.25) is 0 Å². The molecular formula is C16H21N3O2. The predicted octanol–water partition coefficient (Wildman–Crippen LogP) is 0.577. The zero-order valence-electron chi connectivity index (χ0n) is 12.3. The Hall–Kier alpha value is -1.88. The van der Waals surface area contributed by atoms with Crippen molar-refractivity contribution in [3.05, 3.63) is 29.3 Å². The Morgan fingerprint density at radius 2 is 1.90 bits per heavy atom. The molecule has 1 aromatic rings. The highest BCUT2D eigenvalue weighted by Gasteiger charge is 2.31. The van der Waals surface area contributed by atoms with Gasteiger partial charge in [-0.2, -0.15) is 0 Å². The Balaban J connectivity index is 1.86. The van der Waals surface area contributed by atoms with E-state index in [1.54, 1.807) is 0 Å². The lowest BCUT2D eigenvalue weighted by molar-refractivity contribution is -0.132. The second-order valence-electron chi connectivity index (χ2n) is 5.72. The highest BCUT2D eigenvalue weighted by atomic mass is 16.2. The molecule has 21 heavy (non-hydrogen) atoms. The van der Waals surface area contributed by atoms with E-state index in [9.17, 15) is 9.59 Å². The molecule has 2 aliphatic heterocycles. The van der Waals surface area contributed by atoms with Crippen molar-refractivity contribution >= 4 is 17.4 Å². The van der Waals surface area contributed by atoms with Crippen LogP contribution in [-0.4, -0.2) is 44.4 Å². The van der Waals surface area contributed by atoms with Crippen LogP contribution in [0, 0.1) is 6.92 Å². The first-order valence-electron chi connectivity index (χ1n) is 7.53. The quantitative estimate of drug-likeness (QED) is 0.781. The zero-order valence-corrected chi connectivity index (χ0v) is 12.3. The largest absolute Gasteiger partial charge is 0.369 e. The van der Waals surface area contributed by atoms with Gasteiger partial charge in [0.05, 0.1) is 0 Å². The molecule has 1 amide bonds. The number of nitrogens with one attached hydrogen (secondary N) is 2. The van der Waals surface area contributed by atoms with Gasteiger partial charge in [0.25, 0.3) is 0 Å². The maximum absolute atomic E-state index is 12.0. The van der Waals surface area contributed by atoms with E-state index in [0.29, 0.717) is 13.0 Å². The number of carbonyl (C=O) groups excluding carboxylic acids is 2. The van der Waals surface area contributed by atoms with E-state index in [1.807, 2.05) is 25.1 Å². The van der Waals surface area contributed by atoms with Gasteiger partial charge in [-0.15, -0.1) is 0 Å². The van der Waals surface area contributed by atoms with Crippen LogP contribution >= 0.6 is 0 Å². The first-order chi connectivity index (χ1) is 10.2. The van der Waals surface area contributed by atoms with Gasteiger partial charge in [0.15, 0.2) is 5.78 Å². The Bertz CT molecular complexity index is 549. The summed E-state index contributed by atoms with van der Waals surface area (Å²) in [7, 11) is 0. The number of amides is 1. The molecule has 0 spiro atoms. The van der Waals surface area contributed by atoms with E-state index >= 15 is 0 Å². The topological polar surface area (TPSA) is 61.4 Å². The van der Waals surface area contributed by atoms with E-state index in [4.69, 9.17) is 0 Å². The Morgan fingerprint density at radius 1 is 1.14 bits per heavy atom. The molecule has 2 heterocycles.